The van der Waals surface area contributed by atoms with Crippen LogP contribution >= 0.6 is 23.2 Å². The van der Waals surface area contributed by atoms with Crippen molar-refractivity contribution >= 4 is 46.6 Å². The summed E-state index contributed by atoms with van der Waals surface area (Å²) in [6.07, 6.45) is 3.07. The number of rotatable bonds is 6. The molecule has 3 rings (SSSR count). The van der Waals surface area contributed by atoms with Crippen LogP contribution in [-0.2, 0) is 18.4 Å². The molecule has 0 spiro atoms. The first-order chi connectivity index (χ1) is 13.4. The third-order valence-corrected chi connectivity index (χ3v) is 4.92. The van der Waals surface area contributed by atoms with Crippen molar-refractivity contribution in [3.8, 4) is 0 Å². The van der Waals surface area contributed by atoms with E-state index in [0.29, 0.717) is 22.4 Å². The molecule has 0 unspecified atom stereocenters. The number of nitrogens with zero attached hydrogens (tertiary/aromatic N) is 2. The third kappa shape index (κ3) is 4.94. The van der Waals surface area contributed by atoms with E-state index in [1.54, 1.807) is 29.9 Å². The van der Waals surface area contributed by atoms with E-state index in [2.05, 4.69) is 15.7 Å². The van der Waals surface area contributed by atoms with E-state index in [1.807, 2.05) is 43.3 Å². The van der Waals surface area contributed by atoms with E-state index in [0.717, 1.165) is 22.5 Å². The molecular weight excluding hydrogens is 395 g/mol. The summed E-state index contributed by atoms with van der Waals surface area (Å²) in [6, 6.07) is 15.4. The van der Waals surface area contributed by atoms with Gasteiger partial charge in [-0.1, -0.05) is 53.5 Å². The summed E-state index contributed by atoms with van der Waals surface area (Å²) in [4.78, 5) is 12.2. The predicted molar refractivity (Wildman–Crippen MR) is 116 cm³/mol. The summed E-state index contributed by atoms with van der Waals surface area (Å²) in [5.74, 6) is -0.277. The zero-order chi connectivity index (χ0) is 20.1. The molecule has 0 atom stereocenters. The molecule has 28 heavy (non-hydrogen) atoms. The number of aryl methyl sites for hydroxylation is 2. The number of halogens is 2. The second-order valence-electron chi connectivity index (χ2n) is 6.27. The largest absolute Gasteiger partial charge is 0.380 e. The zero-order valence-corrected chi connectivity index (χ0v) is 17.1. The van der Waals surface area contributed by atoms with Gasteiger partial charge in [0, 0.05) is 30.9 Å². The van der Waals surface area contributed by atoms with Crippen LogP contribution < -0.4 is 10.6 Å². The molecule has 3 aromatic rings. The minimum absolute atomic E-state index is 0.277. The average molecular weight is 415 g/mol. The van der Waals surface area contributed by atoms with Gasteiger partial charge in [-0.15, -0.1) is 0 Å². The molecule has 0 aliphatic carbocycles. The van der Waals surface area contributed by atoms with E-state index in [9.17, 15) is 4.79 Å². The predicted octanol–water partition coefficient (Wildman–Crippen LogP) is 5.30. The minimum atomic E-state index is -0.277. The summed E-state index contributed by atoms with van der Waals surface area (Å²) in [5.41, 5.74) is 4.05. The monoisotopic (exact) mass is 414 g/mol. The maximum atomic E-state index is 12.2. The van der Waals surface area contributed by atoms with Gasteiger partial charge in [0.2, 0.25) is 5.91 Å². The second kappa shape index (κ2) is 8.95. The summed E-state index contributed by atoms with van der Waals surface area (Å²) in [7, 11) is 1.75. The topological polar surface area (TPSA) is 59.0 Å². The standard InChI is InChI=1S/C21H20Cl2N4O/c1-14-17(21(23)27(2)26-14)9-11-20(28)25-16-8-10-19(18(22)12-16)24-13-15-6-4-3-5-7-15/h3-12,24H,13H2,1-2H3,(H,25,28)/b11-9+. The zero-order valence-electron chi connectivity index (χ0n) is 15.5. The van der Waals surface area contributed by atoms with Crippen molar-refractivity contribution in [1.82, 2.24) is 9.78 Å². The molecule has 5 nitrogen and oxygen atoms in total. The second-order valence-corrected chi connectivity index (χ2v) is 7.04. The number of hydrogen-bond acceptors (Lipinski definition) is 3. The van der Waals surface area contributed by atoms with Crippen LogP contribution in [0.4, 0.5) is 11.4 Å². The molecule has 1 aromatic heterocycles. The number of carbonyl (C=O) groups excluding carboxylic acids is 1. The SMILES string of the molecule is Cc1nn(C)c(Cl)c1/C=C/C(=O)Nc1ccc(NCc2ccccc2)c(Cl)c1. The fourth-order valence-electron chi connectivity index (χ4n) is 2.71. The maximum Gasteiger partial charge on any atom is 0.248 e. The first-order valence-corrected chi connectivity index (χ1v) is 9.45. The van der Waals surface area contributed by atoms with Gasteiger partial charge in [-0.05, 0) is 36.8 Å². The summed E-state index contributed by atoms with van der Waals surface area (Å²) in [6.45, 7) is 2.50. The first kappa shape index (κ1) is 20.0. The van der Waals surface area contributed by atoms with Crippen LogP contribution in [0.1, 0.15) is 16.8 Å². The lowest BCUT2D eigenvalue weighted by atomic mass is 10.2. The fraction of sp³-hybridized carbons (Fsp3) is 0.143. The Balaban J connectivity index is 1.62. The Morgan fingerprint density at radius 2 is 1.93 bits per heavy atom. The lowest BCUT2D eigenvalue weighted by Crippen LogP contribution is -2.08. The van der Waals surface area contributed by atoms with Gasteiger partial charge in [-0.25, -0.2) is 0 Å². The molecule has 0 saturated heterocycles. The maximum absolute atomic E-state index is 12.2. The van der Waals surface area contributed by atoms with Crippen molar-refractivity contribution in [2.24, 2.45) is 7.05 Å². The first-order valence-electron chi connectivity index (χ1n) is 8.69. The number of amides is 1. The molecule has 1 heterocycles. The van der Waals surface area contributed by atoms with Gasteiger partial charge in [-0.2, -0.15) is 5.10 Å². The van der Waals surface area contributed by atoms with Gasteiger partial charge in [0.05, 0.1) is 16.4 Å². The quantitative estimate of drug-likeness (QED) is 0.538. The molecule has 1 amide bonds. The van der Waals surface area contributed by atoms with Crippen LogP contribution in [0.15, 0.2) is 54.6 Å². The number of benzene rings is 2. The van der Waals surface area contributed by atoms with E-state index < -0.39 is 0 Å². The Morgan fingerprint density at radius 1 is 1.18 bits per heavy atom. The van der Waals surface area contributed by atoms with Crippen molar-refractivity contribution in [2.75, 3.05) is 10.6 Å². The highest BCUT2D eigenvalue weighted by atomic mass is 35.5. The Labute approximate surface area is 174 Å². The Kier molecular flexibility index (Phi) is 6.39. The highest BCUT2D eigenvalue weighted by Crippen LogP contribution is 2.26. The van der Waals surface area contributed by atoms with Gasteiger partial charge in [0.15, 0.2) is 0 Å². The lowest BCUT2D eigenvalue weighted by molar-refractivity contribution is -0.111. The summed E-state index contributed by atoms with van der Waals surface area (Å²) < 4.78 is 1.56. The average Bonchev–Trinajstić information content (AvgIpc) is 2.92. The van der Waals surface area contributed by atoms with Gasteiger partial charge >= 0.3 is 0 Å². The molecule has 0 aliphatic heterocycles. The van der Waals surface area contributed by atoms with Gasteiger partial charge in [0.1, 0.15) is 5.15 Å². The number of anilines is 2. The smallest absolute Gasteiger partial charge is 0.248 e. The Morgan fingerprint density at radius 3 is 2.57 bits per heavy atom. The number of aromatic nitrogens is 2. The minimum Gasteiger partial charge on any atom is -0.380 e. The van der Waals surface area contributed by atoms with Crippen LogP contribution in [0.2, 0.25) is 10.2 Å². The van der Waals surface area contributed by atoms with Gasteiger partial charge in [0.25, 0.3) is 0 Å². The van der Waals surface area contributed by atoms with E-state index >= 15 is 0 Å². The van der Waals surface area contributed by atoms with Crippen molar-refractivity contribution in [1.29, 1.82) is 0 Å². The Hall–Kier alpha value is -2.76. The number of carbonyl (C=O) groups is 1. The summed E-state index contributed by atoms with van der Waals surface area (Å²) in [5, 5.41) is 11.3. The number of nitrogens with one attached hydrogen (secondary N) is 2. The molecule has 0 fully saturated rings. The van der Waals surface area contributed by atoms with Crippen LogP contribution in [0.3, 0.4) is 0 Å². The molecule has 0 radical (unpaired) electrons. The van der Waals surface area contributed by atoms with Crippen LogP contribution in [0, 0.1) is 6.92 Å². The molecule has 0 saturated carbocycles. The third-order valence-electron chi connectivity index (χ3n) is 4.16. The van der Waals surface area contributed by atoms with Gasteiger partial charge < -0.3 is 10.6 Å². The van der Waals surface area contributed by atoms with Crippen LogP contribution in [-0.4, -0.2) is 15.7 Å². The molecule has 7 heteroatoms. The normalized spacial score (nSPS) is 11.0. The summed E-state index contributed by atoms with van der Waals surface area (Å²) >= 11 is 12.5. The van der Waals surface area contributed by atoms with Crippen molar-refractivity contribution in [3.05, 3.63) is 81.6 Å². The Bertz CT molecular complexity index is 1010. The van der Waals surface area contributed by atoms with Crippen LogP contribution in [0.5, 0.6) is 0 Å². The molecular formula is C21H20Cl2N4O. The molecule has 144 valence electrons. The number of hydrogen-bond donors (Lipinski definition) is 2. The lowest BCUT2D eigenvalue weighted by Gasteiger charge is -2.10. The molecule has 0 bridgehead atoms. The highest BCUT2D eigenvalue weighted by Gasteiger charge is 2.09. The van der Waals surface area contributed by atoms with Gasteiger partial charge in [-0.3, -0.25) is 9.48 Å². The van der Waals surface area contributed by atoms with E-state index in [1.165, 1.54) is 6.08 Å². The molecule has 2 N–H and O–H groups in total. The van der Waals surface area contributed by atoms with E-state index in [4.69, 9.17) is 23.2 Å². The van der Waals surface area contributed by atoms with Crippen LogP contribution in [0.25, 0.3) is 6.08 Å². The molecule has 0 aliphatic rings. The highest BCUT2D eigenvalue weighted by molar-refractivity contribution is 6.33. The molecule has 2 aromatic carbocycles. The van der Waals surface area contributed by atoms with Crippen molar-refractivity contribution < 1.29 is 4.79 Å². The fourth-order valence-corrected chi connectivity index (χ4v) is 3.19. The van der Waals surface area contributed by atoms with Crippen molar-refractivity contribution in [2.45, 2.75) is 13.5 Å². The van der Waals surface area contributed by atoms with E-state index in [-0.39, 0.29) is 5.91 Å². The van der Waals surface area contributed by atoms with Crippen molar-refractivity contribution in [3.63, 3.8) is 0 Å².